The first-order chi connectivity index (χ1) is 14.0. The van der Waals surface area contributed by atoms with Crippen LogP contribution in [0.1, 0.15) is 28.8 Å². The second-order valence-electron chi connectivity index (χ2n) is 7.59. The Morgan fingerprint density at radius 3 is 2.69 bits per heavy atom. The van der Waals surface area contributed by atoms with Crippen molar-refractivity contribution in [2.24, 2.45) is 5.92 Å². The van der Waals surface area contributed by atoms with Crippen molar-refractivity contribution in [1.82, 2.24) is 14.2 Å². The topological polar surface area (TPSA) is 79.8 Å². The first kappa shape index (κ1) is 19.8. The molecule has 0 aliphatic carbocycles. The first-order valence-corrected chi connectivity index (χ1v) is 11.3. The number of rotatable bonds is 4. The minimum atomic E-state index is -3.38. The summed E-state index contributed by atoms with van der Waals surface area (Å²) in [5.74, 6) is 0.608. The van der Waals surface area contributed by atoms with Crippen molar-refractivity contribution in [2.45, 2.75) is 24.6 Å². The van der Waals surface area contributed by atoms with E-state index in [9.17, 15) is 13.2 Å². The number of carbonyl (C=O) groups is 1. The molecule has 2 fully saturated rings. The van der Waals surface area contributed by atoms with E-state index < -0.39 is 15.3 Å². The molecule has 0 bridgehead atoms. The van der Waals surface area contributed by atoms with Gasteiger partial charge in [-0.25, -0.2) is 8.42 Å². The van der Waals surface area contributed by atoms with E-state index in [4.69, 9.17) is 4.74 Å². The molecule has 0 saturated carbocycles. The molecule has 0 radical (unpaired) electrons. The standard InChI is InChI=1S/C21H25N3O4S/c1-28-19-4-2-3-17(13-19)21(25)23-11-7-18-15-24(14-16-5-9-22-10-6-16)29(26,27)20(18)8-12-23/h2-6,9-10,13,18,20H,7-8,11-12,14-15H2,1H3/t18-,20-/m1/s1. The van der Waals surface area contributed by atoms with Gasteiger partial charge in [0.1, 0.15) is 5.75 Å². The van der Waals surface area contributed by atoms with Gasteiger partial charge in [-0.2, -0.15) is 4.31 Å². The van der Waals surface area contributed by atoms with Gasteiger partial charge in [0.25, 0.3) is 5.91 Å². The number of carbonyl (C=O) groups excluding carboxylic acids is 1. The van der Waals surface area contributed by atoms with Gasteiger partial charge in [0, 0.05) is 44.1 Å². The van der Waals surface area contributed by atoms with Crippen LogP contribution >= 0.6 is 0 Å². The number of pyridine rings is 1. The quantitative estimate of drug-likeness (QED) is 0.765. The van der Waals surface area contributed by atoms with Crippen LogP contribution in [0.5, 0.6) is 5.75 Å². The number of hydrogen-bond acceptors (Lipinski definition) is 5. The molecule has 29 heavy (non-hydrogen) atoms. The van der Waals surface area contributed by atoms with Crippen LogP contribution in [0.4, 0.5) is 0 Å². The molecule has 2 aliphatic rings. The molecule has 2 atom stereocenters. The molecule has 154 valence electrons. The lowest BCUT2D eigenvalue weighted by Crippen LogP contribution is -2.34. The first-order valence-electron chi connectivity index (χ1n) is 9.80. The average Bonchev–Trinajstić information content (AvgIpc) is 2.88. The summed E-state index contributed by atoms with van der Waals surface area (Å²) < 4.78 is 33.0. The fraction of sp³-hybridized carbons (Fsp3) is 0.429. The number of nitrogens with zero attached hydrogens (tertiary/aromatic N) is 3. The van der Waals surface area contributed by atoms with Crippen molar-refractivity contribution in [3.8, 4) is 5.75 Å². The minimum absolute atomic E-state index is 0.0462. The summed E-state index contributed by atoms with van der Waals surface area (Å²) in [6, 6.07) is 10.8. The van der Waals surface area contributed by atoms with Gasteiger partial charge < -0.3 is 9.64 Å². The van der Waals surface area contributed by atoms with Crippen molar-refractivity contribution in [3.05, 3.63) is 59.9 Å². The molecule has 3 heterocycles. The Kier molecular flexibility index (Phi) is 5.56. The predicted molar refractivity (Wildman–Crippen MR) is 109 cm³/mol. The lowest BCUT2D eigenvalue weighted by atomic mass is 10.0. The molecule has 1 aromatic carbocycles. The van der Waals surface area contributed by atoms with Crippen LogP contribution in [-0.2, 0) is 16.6 Å². The number of fused-ring (bicyclic) bond motifs is 1. The number of amides is 1. The Morgan fingerprint density at radius 1 is 1.17 bits per heavy atom. The highest BCUT2D eigenvalue weighted by Gasteiger charge is 2.47. The maximum absolute atomic E-state index is 13.1. The maximum atomic E-state index is 13.1. The molecule has 0 unspecified atom stereocenters. The molecule has 0 N–H and O–H groups in total. The van der Waals surface area contributed by atoms with Crippen LogP contribution in [-0.4, -0.2) is 60.5 Å². The van der Waals surface area contributed by atoms with Gasteiger partial charge in [0.15, 0.2) is 0 Å². The van der Waals surface area contributed by atoms with Crippen LogP contribution in [0.25, 0.3) is 0 Å². The second kappa shape index (κ2) is 8.12. The molecule has 4 rings (SSSR count). The highest BCUT2D eigenvalue weighted by molar-refractivity contribution is 7.90. The minimum Gasteiger partial charge on any atom is -0.497 e. The number of sulfonamides is 1. The van der Waals surface area contributed by atoms with Gasteiger partial charge >= 0.3 is 0 Å². The van der Waals surface area contributed by atoms with Gasteiger partial charge in [-0.05, 0) is 54.7 Å². The summed E-state index contributed by atoms with van der Waals surface area (Å²) in [5, 5.41) is -0.424. The third kappa shape index (κ3) is 4.00. The largest absolute Gasteiger partial charge is 0.497 e. The Morgan fingerprint density at radius 2 is 1.93 bits per heavy atom. The van der Waals surface area contributed by atoms with E-state index in [0.29, 0.717) is 50.3 Å². The summed E-state index contributed by atoms with van der Waals surface area (Å²) in [7, 11) is -1.81. The molecule has 2 aliphatic heterocycles. The van der Waals surface area contributed by atoms with Crippen LogP contribution in [0.2, 0.25) is 0 Å². The van der Waals surface area contributed by atoms with Gasteiger partial charge in [-0.1, -0.05) is 6.07 Å². The third-order valence-electron chi connectivity index (χ3n) is 5.87. The molecule has 0 spiro atoms. The van der Waals surface area contributed by atoms with Crippen LogP contribution in [0.15, 0.2) is 48.8 Å². The molecule has 2 saturated heterocycles. The lowest BCUT2D eigenvalue weighted by Gasteiger charge is -2.22. The van der Waals surface area contributed by atoms with Gasteiger partial charge in [0.05, 0.1) is 12.4 Å². The Labute approximate surface area is 171 Å². The molecular weight excluding hydrogens is 390 g/mol. The lowest BCUT2D eigenvalue weighted by molar-refractivity contribution is 0.0758. The van der Waals surface area contributed by atoms with E-state index in [2.05, 4.69) is 4.98 Å². The van der Waals surface area contributed by atoms with E-state index in [1.807, 2.05) is 12.1 Å². The highest BCUT2D eigenvalue weighted by Crippen LogP contribution is 2.35. The monoisotopic (exact) mass is 415 g/mol. The summed E-state index contributed by atoms with van der Waals surface area (Å²) >= 11 is 0. The normalized spacial score (nSPS) is 24.0. The van der Waals surface area contributed by atoms with Crippen LogP contribution in [0, 0.1) is 5.92 Å². The zero-order valence-electron chi connectivity index (χ0n) is 16.4. The van der Waals surface area contributed by atoms with Crippen molar-refractivity contribution in [3.63, 3.8) is 0 Å². The zero-order chi connectivity index (χ0) is 20.4. The molecule has 7 nitrogen and oxygen atoms in total. The molecule has 1 aromatic heterocycles. The zero-order valence-corrected chi connectivity index (χ0v) is 17.2. The summed E-state index contributed by atoms with van der Waals surface area (Å²) in [6.07, 6.45) is 4.51. The fourth-order valence-corrected chi connectivity index (χ4v) is 6.51. The Hall–Kier alpha value is -2.45. The number of likely N-dealkylation sites (tertiary alicyclic amines) is 1. The molecule has 2 aromatic rings. The van der Waals surface area contributed by atoms with Gasteiger partial charge in [-0.15, -0.1) is 0 Å². The van der Waals surface area contributed by atoms with E-state index in [-0.39, 0.29) is 11.8 Å². The average molecular weight is 416 g/mol. The van der Waals surface area contributed by atoms with E-state index in [1.165, 1.54) is 0 Å². The summed E-state index contributed by atoms with van der Waals surface area (Å²) in [4.78, 5) is 18.7. The maximum Gasteiger partial charge on any atom is 0.253 e. The number of aromatic nitrogens is 1. The van der Waals surface area contributed by atoms with E-state index in [0.717, 1.165) is 5.56 Å². The number of benzene rings is 1. The Balaban J connectivity index is 1.46. The van der Waals surface area contributed by atoms with Gasteiger partial charge in [-0.3, -0.25) is 9.78 Å². The molecular formula is C21H25N3O4S. The SMILES string of the molecule is COc1cccc(C(=O)N2CC[C@@H]3CN(Cc4ccncc4)S(=O)(=O)[C@@H]3CC2)c1. The summed E-state index contributed by atoms with van der Waals surface area (Å²) in [6.45, 7) is 1.90. The molecule has 8 heteroatoms. The second-order valence-corrected chi connectivity index (χ2v) is 9.74. The van der Waals surface area contributed by atoms with Crippen LogP contribution in [0.3, 0.4) is 0 Å². The summed E-state index contributed by atoms with van der Waals surface area (Å²) in [5.41, 5.74) is 1.51. The van der Waals surface area contributed by atoms with E-state index >= 15 is 0 Å². The number of ether oxygens (including phenoxy) is 1. The predicted octanol–water partition coefficient (Wildman–Crippen LogP) is 2.16. The fourth-order valence-electron chi connectivity index (χ4n) is 4.28. The number of hydrogen-bond donors (Lipinski definition) is 0. The van der Waals surface area contributed by atoms with Crippen molar-refractivity contribution in [1.29, 1.82) is 0 Å². The van der Waals surface area contributed by atoms with Crippen molar-refractivity contribution in [2.75, 3.05) is 26.7 Å². The Bertz CT molecular complexity index is 980. The third-order valence-corrected chi connectivity index (χ3v) is 8.26. The highest BCUT2D eigenvalue weighted by atomic mass is 32.2. The number of methoxy groups -OCH3 is 1. The van der Waals surface area contributed by atoms with Crippen molar-refractivity contribution < 1.29 is 17.9 Å². The van der Waals surface area contributed by atoms with Crippen LogP contribution < -0.4 is 4.74 Å². The molecule has 1 amide bonds. The van der Waals surface area contributed by atoms with Crippen molar-refractivity contribution >= 4 is 15.9 Å². The van der Waals surface area contributed by atoms with E-state index in [1.54, 1.807) is 53.0 Å². The van der Waals surface area contributed by atoms with Gasteiger partial charge in [0.2, 0.25) is 10.0 Å². The smallest absolute Gasteiger partial charge is 0.253 e.